The van der Waals surface area contributed by atoms with Crippen molar-refractivity contribution >= 4 is 29.1 Å². The fourth-order valence-corrected chi connectivity index (χ4v) is 2.88. The first-order valence-corrected chi connectivity index (χ1v) is 8.86. The van der Waals surface area contributed by atoms with E-state index in [2.05, 4.69) is 5.32 Å². The third-order valence-electron chi connectivity index (χ3n) is 4.01. The molecular weight excluding hydrogens is 352 g/mol. The van der Waals surface area contributed by atoms with Crippen molar-refractivity contribution in [2.45, 2.75) is 20.5 Å². The van der Waals surface area contributed by atoms with E-state index in [4.69, 9.17) is 16.3 Å². The number of hydrogen-bond donors (Lipinski definition) is 1. The van der Waals surface area contributed by atoms with Crippen molar-refractivity contribution in [3.05, 3.63) is 64.2 Å². The van der Waals surface area contributed by atoms with E-state index in [0.717, 1.165) is 5.56 Å². The average molecular weight is 375 g/mol. The number of benzene rings is 2. The minimum absolute atomic E-state index is 0.120. The first-order valence-electron chi connectivity index (χ1n) is 8.48. The van der Waals surface area contributed by atoms with Crippen LogP contribution in [-0.2, 0) is 11.3 Å². The summed E-state index contributed by atoms with van der Waals surface area (Å²) in [5.41, 5.74) is 2.40. The van der Waals surface area contributed by atoms with Gasteiger partial charge >= 0.3 is 0 Å². The molecule has 0 aliphatic rings. The van der Waals surface area contributed by atoms with E-state index < -0.39 is 0 Å². The Kier molecular flexibility index (Phi) is 7.18. The van der Waals surface area contributed by atoms with E-state index in [1.165, 1.54) is 0 Å². The lowest BCUT2D eigenvalue weighted by Crippen LogP contribution is -2.30. The van der Waals surface area contributed by atoms with Crippen LogP contribution >= 0.6 is 11.6 Å². The molecule has 0 heterocycles. The number of carbonyl (C=O) groups is 2. The summed E-state index contributed by atoms with van der Waals surface area (Å²) in [6.45, 7) is 5.50. The van der Waals surface area contributed by atoms with Gasteiger partial charge in [-0.15, -0.1) is 0 Å². The van der Waals surface area contributed by atoms with Gasteiger partial charge in [-0.2, -0.15) is 0 Å². The molecule has 0 aliphatic heterocycles. The van der Waals surface area contributed by atoms with Gasteiger partial charge in [0.1, 0.15) is 0 Å². The van der Waals surface area contributed by atoms with Crippen LogP contribution < -0.4 is 5.32 Å². The predicted octanol–water partition coefficient (Wildman–Crippen LogP) is 4.22. The quantitative estimate of drug-likeness (QED) is 0.789. The third kappa shape index (κ3) is 4.84. The van der Waals surface area contributed by atoms with E-state index >= 15 is 0 Å². The standard InChI is InChI=1S/C20H23ClN2O3/c1-4-23(5-2)20(25)17-10-9-16(12-18(17)21)22-19(24)15-8-6-7-14(11-15)13-26-3/h6-12H,4-5,13H2,1-3H3,(H,22,24). The monoisotopic (exact) mass is 374 g/mol. The molecule has 1 N–H and O–H groups in total. The molecule has 5 nitrogen and oxygen atoms in total. The molecular formula is C20H23ClN2O3. The summed E-state index contributed by atoms with van der Waals surface area (Å²) in [6, 6.07) is 12.1. The van der Waals surface area contributed by atoms with Crippen LogP contribution in [0.3, 0.4) is 0 Å². The fourth-order valence-electron chi connectivity index (χ4n) is 2.62. The minimum Gasteiger partial charge on any atom is -0.380 e. The maximum atomic E-state index is 12.4. The van der Waals surface area contributed by atoms with Gasteiger partial charge in [0.25, 0.3) is 11.8 Å². The Morgan fingerprint density at radius 1 is 1.12 bits per heavy atom. The number of hydrogen-bond acceptors (Lipinski definition) is 3. The van der Waals surface area contributed by atoms with E-state index in [-0.39, 0.29) is 11.8 Å². The van der Waals surface area contributed by atoms with E-state index in [0.29, 0.717) is 41.5 Å². The van der Waals surface area contributed by atoms with Gasteiger partial charge in [-0.1, -0.05) is 23.7 Å². The van der Waals surface area contributed by atoms with Gasteiger partial charge in [-0.05, 0) is 49.7 Å². The molecule has 0 atom stereocenters. The highest BCUT2D eigenvalue weighted by Crippen LogP contribution is 2.23. The molecule has 0 bridgehead atoms. The van der Waals surface area contributed by atoms with Gasteiger partial charge in [0.15, 0.2) is 0 Å². The first kappa shape index (κ1) is 19.9. The smallest absolute Gasteiger partial charge is 0.255 e. The Morgan fingerprint density at radius 3 is 2.46 bits per heavy atom. The Labute approximate surface area is 158 Å². The molecule has 0 radical (unpaired) electrons. The molecule has 26 heavy (non-hydrogen) atoms. The van der Waals surface area contributed by atoms with Gasteiger partial charge in [-0.25, -0.2) is 0 Å². The second-order valence-corrected chi connectivity index (χ2v) is 6.17. The summed E-state index contributed by atoms with van der Waals surface area (Å²) in [4.78, 5) is 26.6. The van der Waals surface area contributed by atoms with Crippen molar-refractivity contribution in [2.24, 2.45) is 0 Å². The summed E-state index contributed by atoms with van der Waals surface area (Å²) in [6.07, 6.45) is 0. The number of nitrogens with zero attached hydrogens (tertiary/aromatic N) is 1. The topological polar surface area (TPSA) is 58.6 Å². The second-order valence-electron chi connectivity index (χ2n) is 5.76. The fraction of sp³-hybridized carbons (Fsp3) is 0.300. The zero-order valence-electron chi connectivity index (χ0n) is 15.2. The molecule has 2 aromatic carbocycles. The number of nitrogens with one attached hydrogen (secondary N) is 1. The van der Waals surface area contributed by atoms with Crippen molar-refractivity contribution in [1.29, 1.82) is 0 Å². The molecule has 2 aromatic rings. The Morgan fingerprint density at radius 2 is 1.85 bits per heavy atom. The molecule has 2 rings (SSSR count). The molecule has 0 spiro atoms. The Balaban J connectivity index is 2.15. The molecule has 6 heteroatoms. The van der Waals surface area contributed by atoms with Crippen molar-refractivity contribution in [3.63, 3.8) is 0 Å². The lowest BCUT2D eigenvalue weighted by atomic mass is 10.1. The van der Waals surface area contributed by atoms with Crippen molar-refractivity contribution in [2.75, 3.05) is 25.5 Å². The van der Waals surface area contributed by atoms with Gasteiger partial charge in [0.2, 0.25) is 0 Å². The average Bonchev–Trinajstić information content (AvgIpc) is 2.63. The van der Waals surface area contributed by atoms with Crippen LogP contribution in [0.15, 0.2) is 42.5 Å². The number of anilines is 1. The van der Waals surface area contributed by atoms with Gasteiger partial charge in [0.05, 0.1) is 17.2 Å². The number of amides is 2. The van der Waals surface area contributed by atoms with Crippen molar-refractivity contribution in [3.8, 4) is 0 Å². The van der Waals surface area contributed by atoms with Gasteiger partial charge in [-0.3, -0.25) is 9.59 Å². The molecule has 0 unspecified atom stereocenters. The first-order chi connectivity index (χ1) is 12.5. The van der Waals surface area contributed by atoms with Gasteiger partial charge < -0.3 is 15.0 Å². The molecule has 0 saturated heterocycles. The Bertz CT molecular complexity index is 788. The lowest BCUT2D eigenvalue weighted by molar-refractivity contribution is 0.0773. The van der Waals surface area contributed by atoms with Crippen LogP contribution in [-0.4, -0.2) is 36.9 Å². The molecule has 0 aromatic heterocycles. The molecule has 0 aliphatic carbocycles. The number of carbonyl (C=O) groups excluding carboxylic acids is 2. The molecule has 0 saturated carbocycles. The molecule has 138 valence electrons. The van der Waals surface area contributed by atoms with Crippen LogP contribution in [0.25, 0.3) is 0 Å². The zero-order chi connectivity index (χ0) is 19.1. The van der Waals surface area contributed by atoms with Crippen molar-refractivity contribution in [1.82, 2.24) is 4.90 Å². The minimum atomic E-state index is -0.248. The highest BCUT2D eigenvalue weighted by Gasteiger charge is 2.16. The summed E-state index contributed by atoms with van der Waals surface area (Å²) in [5.74, 6) is -0.369. The van der Waals surface area contributed by atoms with Crippen LogP contribution in [0.2, 0.25) is 5.02 Å². The van der Waals surface area contributed by atoms with Crippen LogP contribution in [0.4, 0.5) is 5.69 Å². The van der Waals surface area contributed by atoms with E-state index in [9.17, 15) is 9.59 Å². The third-order valence-corrected chi connectivity index (χ3v) is 4.32. The lowest BCUT2D eigenvalue weighted by Gasteiger charge is -2.19. The summed E-state index contributed by atoms with van der Waals surface area (Å²) >= 11 is 6.26. The highest BCUT2D eigenvalue weighted by atomic mass is 35.5. The highest BCUT2D eigenvalue weighted by molar-refractivity contribution is 6.34. The maximum absolute atomic E-state index is 12.4. The predicted molar refractivity (Wildman–Crippen MR) is 104 cm³/mol. The SMILES string of the molecule is CCN(CC)C(=O)c1ccc(NC(=O)c2cccc(COC)c2)cc1Cl. The number of ether oxygens (including phenoxy) is 1. The molecule has 0 fully saturated rings. The summed E-state index contributed by atoms with van der Waals surface area (Å²) in [5, 5.41) is 3.12. The summed E-state index contributed by atoms with van der Waals surface area (Å²) < 4.78 is 5.08. The van der Waals surface area contributed by atoms with E-state index in [1.54, 1.807) is 42.3 Å². The van der Waals surface area contributed by atoms with Gasteiger partial charge in [0, 0.05) is 31.5 Å². The Hall–Kier alpha value is -2.37. The largest absolute Gasteiger partial charge is 0.380 e. The number of halogens is 1. The normalized spacial score (nSPS) is 10.5. The van der Waals surface area contributed by atoms with E-state index in [1.807, 2.05) is 26.0 Å². The van der Waals surface area contributed by atoms with Crippen LogP contribution in [0, 0.1) is 0 Å². The number of methoxy groups -OCH3 is 1. The van der Waals surface area contributed by atoms with Crippen LogP contribution in [0.1, 0.15) is 40.1 Å². The maximum Gasteiger partial charge on any atom is 0.255 e. The second kappa shape index (κ2) is 9.36. The molecule has 2 amide bonds. The zero-order valence-corrected chi connectivity index (χ0v) is 16.0. The summed E-state index contributed by atoms with van der Waals surface area (Å²) in [7, 11) is 1.61. The van der Waals surface area contributed by atoms with Crippen LogP contribution in [0.5, 0.6) is 0 Å². The van der Waals surface area contributed by atoms with Crippen molar-refractivity contribution < 1.29 is 14.3 Å². The number of rotatable bonds is 7.